The SMILES string of the molecule is COC(=O)CN(CC(=O)OC)S(=O)(=O)C(C)C. The Morgan fingerprint density at radius 2 is 1.41 bits per heavy atom. The summed E-state index contributed by atoms with van der Waals surface area (Å²) >= 11 is 0. The third kappa shape index (κ3) is 4.70. The fourth-order valence-electron chi connectivity index (χ4n) is 0.951. The van der Waals surface area contributed by atoms with Gasteiger partial charge in [-0.3, -0.25) is 9.59 Å². The molecule has 0 aromatic rings. The van der Waals surface area contributed by atoms with Crippen LogP contribution in [0.25, 0.3) is 0 Å². The van der Waals surface area contributed by atoms with E-state index in [1.807, 2.05) is 0 Å². The molecule has 0 heterocycles. The molecule has 0 unspecified atom stereocenters. The molecule has 0 saturated carbocycles. The summed E-state index contributed by atoms with van der Waals surface area (Å²) in [7, 11) is -1.44. The molecule has 0 aromatic heterocycles. The fraction of sp³-hybridized carbons (Fsp3) is 0.778. The maximum atomic E-state index is 11.8. The summed E-state index contributed by atoms with van der Waals surface area (Å²) in [5.41, 5.74) is 0. The Morgan fingerprint density at radius 1 is 1.06 bits per heavy atom. The highest BCUT2D eigenvalue weighted by molar-refractivity contribution is 7.89. The van der Waals surface area contributed by atoms with E-state index in [1.165, 1.54) is 13.8 Å². The van der Waals surface area contributed by atoms with Crippen LogP contribution in [0.15, 0.2) is 0 Å². The van der Waals surface area contributed by atoms with Crippen molar-refractivity contribution in [2.45, 2.75) is 19.1 Å². The summed E-state index contributed by atoms with van der Waals surface area (Å²) in [5.74, 6) is -1.48. The number of nitrogens with zero attached hydrogens (tertiary/aromatic N) is 1. The number of carbonyl (C=O) groups excluding carboxylic acids is 2. The molecule has 0 amide bonds. The van der Waals surface area contributed by atoms with E-state index in [2.05, 4.69) is 9.47 Å². The lowest BCUT2D eigenvalue weighted by Gasteiger charge is -2.21. The first-order chi connectivity index (χ1) is 7.75. The lowest BCUT2D eigenvalue weighted by Crippen LogP contribution is -2.43. The molecule has 0 rings (SSSR count). The van der Waals surface area contributed by atoms with Crippen LogP contribution in [0, 0.1) is 0 Å². The van der Waals surface area contributed by atoms with Crippen LogP contribution in [-0.4, -0.2) is 57.2 Å². The number of hydrogen-bond donors (Lipinski definition) is 0. The van der Waals surface area contributed by atoms with E-state index >= 15 is 0 Å². The van der Waals surface area contributed by atoms with Gasteiger partial charge >= 0.3 is 11.9 Å². The Morgan fingerprint density at radius 3 is 1.65 bits per heavy atom. The predicted octanol–water partition coefficient (Wildman–Crippen LogP) is -0.627. The normalized spacial score (nSPS) is 11.6. The third-order valence-corrected chi connectivity index (χ3v) is 4.19. The number of ether oxygens (including phenoxy) is 2. The van der Waals surface area contributed by atoms with Crippen molar-refractivity contribution < 1.29 is 27.5 Å². The molecule has 0 aliphatic heterocycles. The van der Waals surface area contributed by atoms with E-state index in [-0.39, 0.29) is 0 Å². The number of hydrogen-bond acceptors (Lipinski definition) is 6. The van der Waals surface area contributed by atoms with E-state index in [9.17, 15) is 18.0 Å². The molecule has 0 aliphatic carbocycles. The van der Waals surface area contributed by atoms with E-state index in [0.717, 1.165) is 18.5 Å². The second kappa shape index (κ2) is 6.55. The van der Waals surface area contributed by atoms with Crippen LogP contribution in [-0.2, 0) is 29.1 Å². The van der Waals surface area contributed by atoms with Gasteiger partial charge in [-0.1, -0.05) is 0 Å². The molecule has 17 heavy (non-hydrogen) atoms. The van der Waals surface area contributed by atoms with Gasteiger partial charge in [-0.2, -0.15) is 4.31 Å². The molecule has 8 heteroatoms. The zero-order valence-electron chi connectivity index (χ0n) is 10.3. The number of carbonyl (C=O) groups is 2. The van der Waals surface area contributed by atoms with Gasteiger partial charge in [0.1, 0.15) is 13.1 Å². The van der Waals surface area contributed by atoms with Crippen LogP contribution in [0.1, 0.15) is 13.8 Å². The summed E-state index contributed by atoms with van der Waals surface area (Å²) in [6.45, 7) is 1.89. The van der Waals surface area contributed by atoms with Crippen LogP contribution in [0.5, 0.6) is 0 Å². The van der Waals surface area contributed by atoms with Gasteiger partial charge in [0.25, 0.3) is 0 Å². The number of rotatable bonds is 6. The van der Waals surface area contributed by atoms with E-state index in [0.29, 0.717) is 0 Å². The third-order valence-electron chi connectivity index (χ3n) is 2.02. The van der Waals surface area contributed by atoms with Gasteiger partial charge in [-0.25, -0.2) is 8.42 Å². The van der Waals surface area contributed by atoms with Crippen molar-refractivity contribution in [3.05, 3.63) is 0 Å². The molecule has 0 bridgehead atoms. The van der Waals surface area contributed by atoms with Crippen molar-refractivity contribution in [2.24, 2.45) is 0 Å². The zero-order chi connectivity index (χ0) is 13.6. The lowest BCUT2D eigenvalue weighted by atomic mass is 10.6. The standard InChI is InChI=1S/C9H17NO6S/c1-7(2)17(13,14)10(5-8(11)15-3)6-9(12)16-4/h7H,5-6H2,1-4H3. The van der Waals surface area contributed by atoms with Crippen LogP contribution in [0.2, 0.25) is 0 Å². The molecule has 7 nitrogen and oxygen atoms in total. The van der Waals surface area contributed by atoms with Gasteiger partial charge in [0.2, 0.25) is 10.0 Å². The molecule has 0 fully saturated rings. The second-order valence-corrected chi connectivity index (χ2v) is 6.00. The largest absolute Gasteiger partial charge is 0.468 e. The maximum Gasteiger partial charge on any atom is 0.321 e. The van der Waals surface area contributed by atoms with Crippen molar-refractivity contribution in [3.8, 4) is 0 Å². The van der Waals surface area contributed by atoms with Gasteiger partial charge in [0.15, 0.2) is 0 Å². The number of esters is 2. The topological polar surface area (TPSA) is 90.0 Å². The van der Waals surface area contributed by atoms with Crippen molar-refractivity contribution in [3.63, 3.8) is 0 Å². The Labute approximate surface area is 101 Å². The van der Waals surface area contributed by atoms with Crippen molar-refractivity contribution in [1.82, 2.24) is 4.31 Å². The van der Waals surface area contributed by atoms with Crippen LogP contribution < -0.4 is 0 Å². The summed E-state index contributed by atoms with van der Waals surface area (Å²) in [4.78, 5) is 22.2. The minimum atomic E-state index is -3.72. The summed E-state index contributed by atoms with van der Waals surface area (Å²) in [5, 5.41) is -0.739. The first-order valence-electron chi connectivity index (χ1n) is 4.88. The van der Waals surface area contributed by atoms with Crippen LogP contribution >= 0.6 is 0 Å². The minimum absolute atomic E-state index is 0.508. The quantitative estimate of drug-likeness (QED) is 0.595. The average molecular weight is 267 g/mol. The average Bonchev–Trinajstić information content (AvgIpc) is 2.27. The molecule has 0 radical (unpaired) electrons. The van der Waals surface area contributed by atoms with Gasteiger partial charge in [0.05, 0.1) is 19.5 Å². The van der Waals surface area contributed by atoms with Crippen molar-refractivity contribution >= 4 is 22.0 Å². The molecule has 0 spiro atoms. The summed E-state index contributed by atoms with van der Waals surface area (Å²) < 4.78 is 33.2. The Hall–Kier alpha value is -1.15. The molecule has 0 saturated heterocycles. The first kappa shape index (κ1) is 15.9. The molecule has 0 aliphatic rings. The Bertz CT molecular complexity index is 357. The van der Waals surface area contributed by atoms with Gasteiger partial charge in [-0.15, -0.1) is 0 Å². The van der Waals surface area contributed by atoms with Crippen LogP contribution in [0.4, 0.5) is 0 Å². The lowest BCUT2D eigenvalue weighted by molar-refractivity contribution is -0.143. The van der Waals surface area contributed by atoms with Gasteiger partial charge in [-0.05, 0) is 13.8 Å². The minimum Gasteiger partial charge on any atom is -0.468 e. The number of sulfonamides is 1. The highest BCUT2D eigenvalue weighted by Crippen LogP contribution is 2.08. The smallest absolute Gasteiger partial charge is 0.321 e. The summed E-state index contributed by atoms with van der Waals surface area (Å²) in [6.07, 6.45) is 0. The molecule has 0 atom stereocenters. The van der Waals surface area contributed by atoms with Crippen molar-refractivity contribution in [2.75, 3.05) is 27.3 Å². The zero-order valence-corrected chi connectivity index (χ0v) is 11.1. The molecule has 0 aromatic carbocycles. The Kier molecular flexibility index (Phi) is 6.11. The fourth-order valence-corrected chi connectivity index (χ4v) is 2.12. The predicted molar refractivity (Wildman–Crippen MR) is 59.7 cm³/mol. The van der Waals surface area contributed by atoms with E-state index < -0.39 is 40.3 Å². The highest BCUT2D eigenvalue weighted by Gasteiger charge is 2.30. The van der Waals surface area contributed by atoms with Crippen LogP contribution in [0.3, 0.4) is 0 Å². The van der Waals surface area contributed by atoms with Gasteiger partial charge in [0, 0.05) is 0 Å². The summed E-state index contributed by atoms with van der Waals surface area (Å²) in [6, 6.07) is 0. The molecular formula is C9H17NO6S. The first-order valence-corrected chi connectivity index (χ1v) is 6.38. The Balaban J connectivity index is 4.98. The van der Waals surface area contributed by atoms with E-state index in [1.54, 1.807) is 0 Å². The number of methoxy groups -OCH3 is 2. The second-order valence-electron chi connectivity index (χ2n) is 3.51. The van der Waals surface area contributed by atoms with Crippen molar-refractivity contribution in [1.29, 1.82) is 0 Å². The highest BCUT2D eigenvalue weighted by atomic mass is 32.2. The molecule has 100 valence electrons. The molecule has 0 N–H and O–H groups in total. The van der Waals surface area contributed by atoms with Gasteiger partial charge < -0.3 is 9.47 Å². The monoisotopic (exact) mass is 267 g/mol. The molecular weight excluding hydrogens is 250 g/mol. The maximum absolute atomic E-state index is 11.8. The van der Waals surface area contributed by atoms with E-state index in [4.69, 9.17) is 0 Å².